The van der Waals surface area contributed by atoms with Crippen LogP contribution in [0.25, 0.3) is 0 Å². The third kappa shape index (κ3) is 13.0. The summed E-state index contributed by atoms with van der Waals surface area (Å²) in [6.07, 6.45) is 6.08. The lowest BCUT2D eigenvalue weighted by atomic mass is 9.88. The SMILES string of the molecule is CCC(O)C(C)C(OC(C)=O)C(Cl)CC(C)C=CC=C(C)C1OC(=O)CC(O)CCC(C)(O)C(OC(C)=O)C=CC1C. The van der Waals surface area contributed by atoms with E-state index in [0.717, 1.165) is 5.57 Å². The molecule has 9 nitrogen and oxygen atoms in total. The van der Waals surface area contributed by atoms with Crippen LogP contribution >= 0.6 is 11.6 Å². The van der Waals surface area contributed by atoms with Gasteiger partial charge in [0, 0.05) is 25.7 Å². The van der Waals surface area contributed by atoms with Gasteiger partial charge in [-0.1, -0.05) is 52.0 Å². The normalized spacial score (nSPS) is 29.8. The van der Waals surface area contributed by atoms with Crippen LogP contribution < -0.4 is 0 Å². The molecule has 0 radical (unpaired) electrons. The molecule has 10 atom stereocenters. The summed E-state index contributed by atoms with van der Waals surface area (Å²) in [5.74, 6) is -2.22. The predicted octanol–water partition coefficient (Wildman–Crippen LogP) is 4.79. The molecule has 0 saturated heterocycles. The molecular weight excluding hydrogens is 564 g/mol. The second-order valence-corrected chi connectivity index (χ2v) is 12.4. The van der Waals surface area contributed by atoms with Crippen LogP contribution in [0, 0.1) is 17.8 Å². The lowest BCUT2D eigenvalue weighted by Crippen LogP contribution is -2.42. The van der Waals surface area contributed by atoms with Gasteiger partial charge in [0.25, 0.3) is 0 Å². The number of alkyl halides is 1. The number of aliphatic hydroxyl groups excluding tert-OH is 2. The third-order valence-corrected chi connectivity index (χ3v) is 8.09. The summed E-state index contributed by atoms with van der Waals surface area (Å²) in [6, 6.07) is 0. The topological polar surface area (TPSA) is 140 Å². The van der Waals surface area contributed by atoms with Gasteiger partial charge in [0.2, 0.25) is 0 Å². The molecule has 10 unspecified atom stereocenters. The van der Waals surface area contributed by atoms with E-state index >= 15 is 0 Å². The molecule has 10 heteroatoms. The number of hydrogen-bond donors (Lipinski definition) is 3. The fourth-order valence-corrected chi connectivity index (χ4v) is 5.54. The highest BCUT2D eigenvalue weighted by atomic mass is 35.5. The summed E-state index contributed by atoms with van der Waals surface area (Å²) in [6.45, 7) is 13.4. The molecule has 0 aliphatic carbocycles. The smallest absolute Gasteiger partial charge is 0.309 e. The molecule has 42 heavy (non-hydrogen) atoms. The van der Waals surface area contributed by atoms with Gasteiger partial charge in [-0.2, -0.15) is 0 Å². The average molecular weight is 615 g/mol. The zero-order chi connectivity index (χ0) is 32.2. The lowest BCUT2D eigenvalue weighted by Gasteiger charge is -2.32. The minimum atomic E-state index is -1.44. The van der Waals surface area contributed by atoms with E-state index in [1.807, 2.05) is 52.8 Å². The predicted molar refractivity (Wildman–Crippen MR) is 162 cm³/mol. The van der Waals surface area contributed by atoms with Gasteiger partial charge in [0.15, 0.2) is 0 Å². The second-order valence-electron chi connectivity index (χ2n) is 11.9. The fraction of sp³-hybridized carbons (Fsp3) is 0.719. The molecule has 3 N–H and O–H groups in total. The summed E-state index contributed by atoms with van der Waals surface area (Å²) in [4.78, 5) is 36.0. The van der Waals surface area contributed by atoms with Crippen molar-refractivity contribution in [2.45, 2.75) is 129 Å². The Labute approximate surface area is 255 Å². The Morgan fingerprint density at radius 3 is 2.43 bits per heavy atom. The Morgan fingerprint density at radius 1 is 1.21 bits per heavy atom. The highest BCUT2D eigenvalue weighted by Gasteiger charge is 2.35. The molecule has 0 aromatic carbocycles. The van der Waals surface area contributed by atoms with Gasteiger partial charge in [-0.05, 0) is 57.1 Å². The van der Waals surface area contributed by atoms with E-state index in [1.165, 1.54) is 20.8 Å². The van der Waals surface area contributed by atoms with Gasteiger partial charge < -0.3 is 29.5 Å². The van der Waals surface area contributed by atoms with Crippen LogP contribution in [-0.2, 0) is 28.6 Å². The molecule has 0 fully saturated rings. The largest absolute Gasteiger partial charge is 0.461 e. The minimum Gasteiger partial charge on any atom is -0.461 e. The van der Waals surface area contributed by atoms with Crippen molar-refractivity contribution in [3.05, 3.63) is 36.0 Å². The van der Waals surface area contributed by atoms with Crippen LogP contribution in [0.5, 0.6) is 0 Å². The summed E-state index contributed by atoms with van der Waals surface area (Å²) in [5, 5.41) is 31.1. The highest BCUT2D eigenvalue weighted by Crippen LogP contribution is 2.28. The highest BCUT2D eigenvalue weighted by molar-refractivity contribution is 6.21. The first kappa shape index (κ1) is 37.8. The molecular formula is C32H51ClO9. The van der Waals surface area contributed by atoms with Gasteiger partial charge in [-0.3, -0.25) is 14.4 Å². The van der Waals surface area contributed by atoms with Crippen molar-refractivity contribution < 1.29 is 43.9 Å². The van der Waals surface area contributed by atoms with Gasteiger partial charge in [0.1, 0.15) is 23.9 Å². The first-order valence-corrected chi connectivity index (χ1v) is 15.2. The van der Waals surface area contributed by atoms with E-state index in [0.29, 0.717) is 12.8 Å². The summed E-state index contributed by atoms with van der Waals surface area (Å²) in [5.41, 5.74) is -0.696. The number of carbonyl (C=O) groups excluding carboxylic acids is 3. The molecule has 240 valence electrons. The standard InChI is InChI=1S/C32H51ClO9/c1-9-27(37)22(5)31(41-24(7)35)26(33)17-19(2)11-10-12-20(3)30-21(4)13-14-28(40-23(6)34)32(8,39)16-15-25(36)18-29(38)42-30/h10-14,19,21-22,25-28,30-31,36-37,39H,9,15-18H2,1-8H3. The maximum absolute atomic E-state index is 12.7. The molecule has 0 aromatic heterocycles. The first-order chi connectivity index (χ1) is 19.5. The lowest BCUT2D eigenvalue weighted by molar-refractivity contribution is -0.157. The summed E-state index contributed by atoms with van der Waals surface area (Å²) in [7, 11) is 0. The molecule has 0 saturated carbocycles. The number of rotatable bonds is 11. The van der Waals surface area contributed by atoms with Crippen molar-refractivity contribution in [3.8, 4) is 0 Å². The maximum Gasteiger partial charge on any atom is 0.309 e. The molecule has 1 aliphatic heterocycles. The number of ether oxygens (including phenoxy) is 3. The zero-order valence-corrected chi connectivity index (χ0v) is 27.0. The molecule has 1 heterocycles. The number of carbonyl (C=O) groups is 3. The Morgan fingerprint density at radius 2 is 1.86 bits per heavy atom. The van der Waals surface area contributed by atoms with Crippen LogP contribution in [0.4, 0.5) is 0 Å². The number of hydrogen-bond acceptors (Lipinski definition) is 9. The van der Waals surface area contributed by atoms with E-state index in [1.54, 1.807) is 12.2 Å². The van der Waals surface area contributed by atoms with Crippen LogP contribution in [-0.4, -0.2) is 74.7 Å². The fourth-order valence-electron chi connectivity index (χ4n) is 4.98. The van der Waals surface area contributed by atoms with E-state index < -0.39 is 59.4 Å². The van der Waals surface area contributed by atoms with Crippen molar-refractivity contribution >= 4 is 29.5 Å². The molecule has 0 spiro atoms. The number of halogens is 1. The maximum atomic E-state index is 12.7. The van der Waals surface area contributed by atoms with Gasteiger partial charge in [-0.25, -0.2) is 0 Å². The number of cyclic esters (lactones) is 1. The molecule has 1 aliphatic rings. The van der Waals surface area contributed by atoms with Crippen molar-refractivity contribution in [1.82, 2.24) is 0 Å². The van der Waals surface area contributed by atoms with Crippen LogP contribution in [0.1, 0.15) is 87.5 Å². The first-order valence-electron chi connectivity index (χ1n) is 14.8. The van der Waals surface area contributed by atoms with Crippen molar-refractivity contribution in [3.63, 3.8) is 0 Å². The summed E-state index contributed by atoms with van der Waals surface area (Å²) >= 11 is 6.67. The van der Waals surface area contributed by atoms with Gasteiger partial charge in [-0.15, -0.1) is 11.6 Å². The van der Waals surface area contributed by atoms with Crippen LogP contribution in [0.3, 0.4) is 0 Å². The van der Waals surface area contributed by atoms with Crippen LogP contribution in [0.2, 0.25) is 0 Å². The van der Waals surface area contributed by atoms with Crippen molar-refractivity contribution in [2.24, 2.45) is 17.8 Å². The second kappa shape index (κ2) is 17.8. The monoisotopic (exact) mass is 614 g/mol. The zero-order valence-electron chi connectivity index (χ0n) is 26.3. The Hall–Kier alpha value is -2.20. The van der Waals surface area contributed by atoms with E-state index in [9.17, 15) is 29.7 Å². The van der Waals surface area contributed by atoms with Gasteiger partial charge in [0.05, 0.1) is 24.0 Å². The molecule has 1 rings (SSSR count). The third-order valence-electron chi connectivity index (χ3n) is 7.66. The molecule has 0 amide bonds. The Balaban J connectivity index is 3.13. The minimum absolute atomic E-state index is 0.00128. The molecule has 0 aromatic rings. The quantitative estimate of drug-likeness (QED) is 0.0985. The molecule has 0 bridgehead atoms. The van der Waals surface area contributed by atoms with Crippen LogP contribution in [0.15, 0.2) is 36.0 Å². The Kier molecular flexibility index (Phi) is 16.0. The van der Waals surface area contributed by atoms with E-state index in [4.69, 9.17) is 25.8 Å². The van der Waals surface area contributed by atoms with Crippen molar-refractivity contribution in [1.29, 1.82) is 0 Å². The van der Waals surface area contributed by atoms with Crippen molar-refractivity contribution in [2.75, 3.05) is 0 Å². The average Bonchev–Trinajstić information content (AvgIpc) is 2.89. The van der Waals surface area contributed by atoms with E-state index in [2.05, 4.69) is 0 Å². The Bertz CT molecular complexity index is 973. The van der Waals surface area contributed by atoms with E-state index in [-0.39, 0.29) is 37.0 Å². The van der Waals surface area contributed by atoms with Gasteiger partial charge >= 0.3 is 17.9 Å². The summed E-state index contributed by atoms with van der Waals surface area (Å²) < 4.78 is 16.6. The number of allylic oxidation sites excluding steroid dienone is 3. The number of esters is 3. The number of aliphatic hydroxyl groups is 3.